The normalized spacial score (nSPS) is 16.9. The van der Waals surface area contributed by atoms with Crippen LogP contribution in [0.5, 0.6) is 5.75 Å². The van der Waals surface area contributed by atoms with Crippen LogP contribution >= 0.6 is 0 Å². The molecule has 44 heavy (non-hydrogen) atoms. The third kappa shape index (κ3) is 8.00. The fraction of sp³-hybridized carbons (Fsp3) is 0.406. The highest BCUT2D eigenvalue weighted by Gasteiger charge is 2.25. The molecule has 3 N–H and O–H groups in total. The zero-order chi connectivity index (χ0) is 31.1. The number of aromatic nitrogens is 4. The van der Waals surface area contributed by atoms with Crippen LogP contribution in [0.4, 0.5) is 4.39 Å². The topological polar surface area (TPSA) is 134 Å². The Bertz CT molecular complexity index is 1610. The average Bonchev–Trinajstić information content (AvgIpc) is 3.63. The van der Waals surface area contributed by atoms with Crippen molar-refractivity contribution in [1.29, 1.82) is 0 Å². The van der Waals surface area contributed by atoms with Crippen molar-refractivity contribution >= 4 is 28.8 Å². The van der Waals surface area contributed by atoms with Crippen LogP contribution in [0.3, 0.4) is 0 Å². The smallest absolute Gasteiger partial charge is 0.242 e. The lowest BCUT2D eigenvalue weighted by atomic mass is 10.0. The number of nitrogens with zero attached hydrogens (tertiary/aromatic N) is 4. The Hall–Kier alpha value is -4.74. The number of H-pyrrole nitrogens is 1. The number of aryl methyl sites for hydroxylation is 1. The van der Waals surface area contributed by atoms with E-state index in [0.29, 0.717) is 61.6 Å². The number of benzene rings is 2. The van der Waals surface area contributed by atoms with E-state index in [1.165, 1.54) is 17.0 Å². The number of hydrogen-bond donors (Lipinski definition) is 3. The minimum Gasteiger partial charge on any atom is -0.494 e. The number of halogens is 1. The predicted octanol–water partition coefficient (Wildman–Crippen LogP) is 3.46. The number of imidazole rings is 2. The molecule has 0 radical (unpaired) electrons. The summed E-state index contributed by atoms with van der Waals surface area (Å²) in [4.78, 5) is 53.3. The van der Waals surface area contributed by atoms with Crippen molar-refractivity contribution in [3.05, 3.63) is 66.5 Å². The van der Waals surface area contributed by atoms with Gasteiger partial charge in [-0.25, -0.2) is 14.4 Å². The first-order valence-electron chi connectivity index (χ1n) is 15.0. The van der Waals surface area contributed by atoms with Gasteiger partial charge in [0, 0.05) is 50.4 Å². The Kier molecular flexibility index (Phi) is 9.88. The SMILES string of the molecule is CC(C)C[C@H]1NC(=O)CN(C(=O)CCc2nc3ccc(F)cc3[nH]2)CCCOc2cccc(c2)-c2nccn2CCNC1=O. The molecule has 0 aliphatic carbocycles. The highest BCUT2D eigenvalue weighted by atomic mass is 19.1. The Morgan fingerprint density at radius 1 is 1.16 bits per heavy atom. The van der Waals surface area contributed by atoms with Crippen molar-refractivity contribution < 1.29 is 23.5 Å². The molecule has 11 nitrogen and oxygen atoms in total. The number of carbonyl (C=O) groups is 3. The predicted molar refractivity (Wildman–Crippen MR) is 163 cm³/mol. The van der Waals surface area contributed by atoms with E-state index < -0.39 is 11.9 Å². The van der Waals surface area contributed by atoms with Crippen molar-refractivity contribution in [2.75, 3.05) is 26.2 Å². The summed E-state index contributed by atoms with van der Waals surface area (Å²) in [5.41, 5.74) is 2.06. The number of rotatable bonds is 5. The van der Waals surface area contributed by atoms with Crippen LogP contribution in [0, 0.1) is 11.7 Å². The Labute approximate surface area is 255 Å². The zero-order valence-corrected chi connectivity index (χ0v) is 25.0. The van der Waals surface area contributed by atoms with E-state index in [-0.39, 0.29) is 43.1 Å². The number of nitrogens with one attached hydrogen (secondary N) is 3. The van der Waals surface area contributed by atoms with Crippen molar-refractivity contribution in [2.24, 2.45) is 5.92 Å². The van der Waals surface area contributed by atoms with E-state index >= 15 is 0 Å². The van der Waals surface area contributed by atoms with E-state index in [9.17, 15) is 18.8 Å². The van der Waals surface area contributed by atoms with Crippen LogP contribution in [0.25, 0.3) is 22.4 Å². The van der Waals surface area contributed by atoms with Gasteiger partial charge >= 0.3 is 0 Å². The minimum atomic E-state index is -0.739. The summed E-state index contributed by atoms with van der Waals surface area (Å²) in [6, 6.07) is 11.2. The van der Waals surface area contributed by atoms with Gasteiger partial charge in [0.1, 0.15) is 29.3 Å². The summed E-state index contributed by atoms with van der Waals surface area (Å²) in [5.74, 6) is 0.840. The van der Waals surface area contributed by atoms with Crippen LogP contribution in [0.1, 0.15) is 38.9 Å². The number of aromatic amines is 1. The number of ether oxygens (including phenoxy) is 1. The molecule has 12 heteroatoms. The maximum atomic E-state index is 13.6. The number of carbonyl (C=O) groups excluding carboxylic acids is 3. The van der Waals surface area contributed by atoms with Crippen LogP contribution in [0.15, 0.2) is 54.9 Å². The second-order valence-electron chi connectivity index (χ2n) is 11.4. The molecule has 2 bridgehead atoms. The quantitative estimate of drug-likeness (QED) is 0.320. The summed E-state index contributed by atoms with van der Waals surface area (Å²) in [6.45, 7) is 5.23. The van der Waals surface area contributed by atoms with E-state index in [2.05, 4.69) is 25.6 Å². The molecule has 0 fully saturated rings. The van der Waals surface area contributed by atoms with Crippen molar-refractivity contribution in [3.8, 4) is 17.1 Å². The molecule has 3 heterocycles. The third-order valence-corrected chi connectivity index (χ3v) is 7.42. The molecule has 3 amide bonds. The molecule has 2 aromatic heterocycles. The molecule has 1 aliphatic heterocycles. The molecule has 4 aromatic rings. The van der Waals surface area contributed by atoms with Gasteiger partial charge in [0.2, 0.25) is 17.7 Å². The molecular formula is C32H38FN7O4. The van der Waals surface area contributed by atoms with E-state index in [1.807, 2.05) is 48.9 Å². The fourth-order valence-corrected chi connectivity index (χ4v) is 5.29. The first kappa shape index (κ1) is 30.7. The highest BCUT2D eigenvalue weighted by molar-refractivity contribution is 5.90. The Morgan fingerprint density at radius 3 is 2.86 bits per heavy atom. The molecule has 232 valence electrons. The third-order valence-electron chi connectivity index (χ3n) is 7.42. The largest absolute Gasteiger partial charge is 0.494 e. The van der Waals surface area contributed by atoms with Crippen molar-refractivity contribution in [2.45, 2.75) is 52.1 Å². The molecule has 0 saturated heterocycles. The lowest BCUT2D eigenvalue weighted by Crippen LogP contribution is -2.51. The zero-order valence-electron chi connectivity index (χ0n) is 25.0. The van der Waals surface area contributed by atoms with Crippen molar-refractivity contribution in [3.63, 3.8) is 0 Å². The first-order chi connectivity index (χ1) is 21.2. The molecule has 0 unspecified atom stereocenters. The highest BCUT2D eigenvalue weighted by Crippen LogP contribution is 2.23. The second kappa shape index (κ2) is 14.2. The fourth-order valence-electron chi connectivity index (χ4n) is 5.29. The average molecular weight is 604 g/mol. The van der Waals surface area contributed by atoms with E-state index in [1.54, 1.807) is 12.3 Å². The minimum absolute atomic E-state index is 0.0983. The van der Waals surface area contributed by atoms with Crippen LogP contribution in [-0.2, 0) is 27.3 Å². The monoisotopic (exact) mass is 603 g/mol. The summed E-state index contributed by atoms with van der Waals surface area (Å²) in [6.07, 6.45) is 4.91. The van der Waals surface area contributed by atoms with Gasteiger partial charge in [-0.15, -0.1) is 0 Å². The standard InChI is InChI=1S/C32H38FN7O4/c1-21(2)17-27-32(43)35-12-15-39-14-11-34-31(39)22-5-3-6-24(18-22)44-16-4-13-40(20-29(41)38-27)30(42)10-9-28-36-25-8-7-23(33)19-26(25)37-28/h3,5-8,11,14,18-19,21,27H,4,9-10,12-13,15-17,20H2,1-2H3,(H,35,43)(H,36,37)(H,38,41)/t27-/m1/s1. The van der Waals surface area contributed by atoms with Crippen LogP contribution < -0.4 is 15.4 Å². The molecule has 2 aromatic carbocycles. The van der Waals surface area contributed by atoms with E-state index in [4.69, 9.17) is 4.74 Å². The van der Waals surface area contributed by atoms with E-state index in [0.717, 1.165) is 11.4 Å². The molecule has 1 atom stereocenters. The molecule has 5 rings (SSSR count). The maximum absolute atomic E-state index is 13.6. The molecular weight excluding hydrogens is 565 g/mol. The van der Waals surface area contributed by atoms with Gasteiger partial charge in [0.25, 0.3) is 0 Å². The van der Waals surface area contributed by atoms with Gasteiger partial charge < -0.3 is 29.8 Å². The maximum Gasteiger partial charge on any atom is 0.242 e. The summed E-state index contributed by atoms with van der Waals surface area (Å²) >= 11 is 0. The Morgan fingerprint density at radius 2 is 2.02 bits per heavy atom. The van der Waals surface area contributed by atoms with Crippen LogP contribution in [-0.4, -0.2) is 74.4 Å². The van der Waals surface area contributed by atoms with Gasteiger partial charge in [-0.1, -0.05) is 26.0 Å². The van der Waals surface area contributed by atoms with Gasteiger partial charge in [-0.2, -0.15) is 0 Å². The summed E-state index contributed by atoms with van der Waals surface area (Å²) in [7, 11) is 0. The van der Waals surface area contributed by atoms with Gasteiger partial charge in [0.05, 0.1) is 24.2 Å². The summed E-state index contributed by atoms with van der Waals surface area (Å²) in [5, 5.41) is 5.80. The Balaban J connectivity index is 1.32. The number of amides is 3. The lowest BCUT2D eigenvalue weighted by Gasteiger charge is -2.25. The molecule has 0 saturated carbocycles. The van der Waals surface area contributed by atoms with Crippen LogP contribution in [0.2, 0.25) is 0 Å². The molecule has 0 spiro atoms. The van der Waals surface area contributed by atoms with Crippen molar-refractivity contribution in [1.82, 2.24) is 35.1 Å². The van der Waals surface area contributed by atoms with Gasteiger partial charge in [-0.3, -0.25) is 14.4 Å². The summed E-state index contributed by atoms with van der Waals surface area (Å²) < 4.78 is 21.6. The second-order valence-corrected chi connectivity index (χ2v) is 11.4. The van der Waals surface area contributed by atoms with Gasteiger partial charge in [-0.05, 0) is 49.1 Å². The first-order valence-corrected chi connectivity index (χ1v) is 15.0. The lowest BCUT2D eigenvalue weighted by molar-refractivity contribution is -0.137. The van der Waals surface area contributed by atoms with Gasteiger partial charge in [0.15, 0.2) is 0 Å². The molecule has 1 aliphatic rings. The number of hydrogen-bond acceptors (Lipinski definition) is 6. The number of fused-ring (bicyclic) bond motifs is 5.